The number of fused-ring (bicyclic) bond motifs is 1. The van der Waals surface area contributed by atoms with E-state index in [0.29, 0.717) is 22.2 Å². The lowest BCUT2D eigenvalue weighted by Gasteiger charge is -2.21. The molecule has 3 rings (SSSR count). The lowest BCUT2D eigenvalue weighted by Crippen LogP contribution is -2.22. The topological polar surface area (TPSA) is 88.9 Å². The summed E-state index contributed by atoms with van der Waals surface area (Å²) in [5.74, 6) is -1.05. The van der Waals surface area contributed by atoms with Crippen molar-refractivity contribution in [1.29, 1.82) is 0 Å². The lowest BCUT2D eigenvalue weighted by atomic mass is 10.1. The SMILES string of the molecule is CCN(CC)c1ccc2cc(C(=O)Nc3ccc(C(=O)OC)cc3)c(=O)oc2c1. The van der Waals surface area contributed by atoms with Crippen molar-refractivity contribution in [3.05, 3.63) is 70.1 Å². The molecule has 1 heterocycles. The van der Waals surface area contributed by atoms with Gasteiger partial charge in [-0.2, -0.15) is 0 Å². The number of anilines is 2. The summed E-state index contributed by atoms with van der Waals surface area (Å²) in [4.78, 5) is 38.5. The van der Waals surface area contributed by atoms with Crippen LogP contribution in [0.2, 0.25) is 0 Å². The third kappa shape index (κ3) is 4.29. The van der Waals surface area contributed by atoms with E-state index in [0.717, 1.165) is 18.8 Å². The van der Waals surface area contributed by atoms with E-state index >= 15 is 0 Å². The summed E-state index contributed by atoms with van der Waals surface area (Å²) >= 11 is 0. The number of nitrogens with one attached hydrogen (secondary N) is 1. The second-order valence-corrected chi connectivity index (χ2v) is 6.37. The fraction of sp³-hybridized carbons (Fsp3) is 0.227. The molecule has 0 atom stereocenters. The fourth-order valence-corrected chi connectivity index (χ4v) is 3.05. The van der Waals surface area contributed by atoms with Crippen molar-refractivity contribution >= 4 is 34.2 Å². The maximum Gasteiger partial charge on any atom is 0.349 e. The molecule has 7 nitrogen and oxygen atoms in total. The van der Waals surface area contributed by atoms with Crippen molar-refractivity contribution < 1.29 is 18.7 Å². The van der Waals surface area contributed by atoms with Gasteiger partial charge in [-0.3, -0.25) is 4.79 Å². The van der Waals surface area contributed by atoms with Gasteiger partial charge >= 0.3 is 11.6 Å². The Balaban J connectivity index is 1.86. The van der Waals surface area contributed by atoms with E-state index < -0.39 is 17.5 Å². The highest BCUT2D eigenvalue weighted by Crippen LogP contribution is 2.22. The van der Waals surface area contributed by atoms with Crippen LogP contribution in [-0.2, 0) is 4.74 Å². The van der Waals surface area contributed by atoms with Crippen LogP contribution in [0.5, 0.6) is 0 Å². The van der Waals surface area contributed by atoms with Crippen molar-refractivity contribution in [3.63, 3.8) is 0 Å². The van der Waals surface area contributed by atoms with Crippen LogP contribution in [0.3, 0.4) is 0 Å². The van der Waals surface area contributed by atoms with E-state index in [9.17, 15) is 14.4 Å². The Kier molecular flexibility index (Phi) is 5.97. The molecule has 29 heavy (non-hydrogen) atoms. The quantitative estimate of drug-likeness (QED) is 0.507. The van der Waals surface area contributed by atoms with Gasteiger partial charge in [-0.1, -0.05) is 0 Å². The van der Waals surface area contributed by atoms with Crippen LogP contribution in [0.1, 0.15) is 34.6 Å². The normalized spacial score (nSPS) is 10.6. The first-order chi connectivity index (χ1) is 14.0. The summed E-state index contributed by atoms with van der Waals surface area (Å²) in [5.41, 5.74) is 1.38. The summed E-state index contributed by atoms with van der Waals surface area (Å²) in [6.07, 6.45) is 0. The van der Waals surface area contributed by atoms with Gasteiger partial charge in [0.1, 0.15) is 11.1 Å². The number of hydrogen-bond donors (Lipinski definition) is 1. The van der Waals surface area contributed by atoms with Crippen LogP contribution in [0.25, 0.3) is 11.0 Å². The number of carbonyl (C=O) groups excluding carboxylic acids is 2. The van der Waals surface area contributed by atoms with Crippen LogP contribution < -0.4 is 15.8 Å². The molecule has 1 aromatic heterocycles. The number of benzene rings is 2. The number of carbonyl (C=O) groups is 2. The van der Waals surface area contributed by atoms with Gasteiger partial charge in [0, 0.05) is 35.9 Å². The Bertz CT molecular complexity index is 1100. The highest BCUT2D eigenvalue weighted by Gasteiger charge is 2.15. The van der Waals surface area contributed by atoms with E-state index in [-0.39, 0.29) is 5.56 Å². The number of esters is 1. The largest absolute Gasteiger partial charge is 0.465 e. The molecule has 0 aliphatic heterocycles. The second-order valence-electron chi connectivity index (χ2n) is 6.37. The van der Waals surface area contributed by atoms with Gasteiger partial charge in [-0.25, -0.2) is 9.59 Å². The summed E-state index contributed by atoms with van der Waals surface area (Å²) < 4.78 is 10.0. The van der Waals surface area contributed by atoms with Gasteiger partial charge in [-0.05, 0) is 56.3 Å². The highest BCUT2D eigenvalue weighted by atomic mass is 16.5. The molecule has 0 saturated carbocycles. The minimum absolute atomic E-state index is 0.0925. The van der Waals surface area contributed by atoms with Crippen LogP contribution in [-0.4, -0.2) is 32.1 Å². The zero-order chi connectivity index (χ0) is 21.0. The van der Waals surface area contributed by atoms with Crippen molar-refractivity contribution in [3.8, 4) is 0 Å². The van der Waals surface area contributed by atoms with Gasteiger partial charge in [0.15, 0.2) is 0 Å². The molecule has 0 bridgehead atoms. The molecule has 7 heteroatoms. The van der Waals surface area contributed by atoms with E-state index in [2.05, 4.69) is 28.8 Å². The Morgan fingerprint density at radius 2 is 1.72 bits per heavy atom. The van der Waals surface area contributed by atoms with Gasteiger partial charge in [0.05, 0.1) is 12.7 Å². The molecule has 3 aromatic rings. The van der Waals surface area contributed by atoms with Crippen LogP contribution in [0.15, 0.2) is 57.7 Å². The molecule has 0 aliphatic carbocycles. The average Bonchev–Trinajstić information content (AvgIpc) is 2.74. The zero-order valence-electron chi connectivity index (χ0n) is 16.5. The number of amides is 1. The summed E-state index contributed by atoms with van der Waals surface area (Å²) in [6.45, 7) is 5.77. The van der Waals surface area contributed by atoms with Gasteiger partial charge in [0.25, 0.3) is 5.91 Å². The van der Waals surface area contributed by atoms with Gasteiger partial charge < -0.3 is 19.4 Å². The maximum absolute atomic E-state index is 12.6. The number of nitrogens with zero attached hydrogens (tertiary/aromatic N) is 1. The number of rotatable bonds is 6. The van der Waals surface area contributed by atoms with E-state index in [1.54, 1.807) is 18.2 Å². The zero-order valence-corrected chi connectivity index (χ0v) is 16.5. The lowest BCUT2D eigenvalue weighted by molar-refractivity contribution is 0.0600. The molecular formula is C22H22N2O5. The van der Waals surface area contributed by atoms with Gasteiger partial charge in [0.2, 0.25) is 0 Å². The third-order valence-corrected chi connectivity index (χ3v) is 4.66. The Morgan fingerprint density at radius 3 is 2.34 bits per heavy atom. The predicted octanol–water partition coefficient (Wildman–Crippen LogP) is 3.68. The summed E-state index contributed by atoms with van der Waals surface area (Å²) in [5, 5.41) is 3.30. The minimum atomic E-state index is -0.710. The van der Waals surface area contributed by atoms with E-state index in [4.69, 9.17) is 4.42 Å². The second kappa shape index (κ2) is 8.60. The first kappa shape index (κ1) is 20.1. The number of hydrogen-bond acceptors (Lipinski definition) is 6. The minimum Gasteiger partial charge on any atom is -0.465 e. The van der Waals surface area contributed by atoms with E-state index in [1.165, 1.54) is 25.3 Å². The molecule has 150 valence electrons. The average molecular weight is 394 g/mol. The monoisotopic (exact) mass is 394 g/mol. The Morgan fingerprint density at radius 1 is 1.03 bits per heavy atom. The molecule has 0 unspecified atom stereocenters. The number of methoxy groups -OCH3 is 1. The molecule has 0 radical (unpaired) electrons. The van der Waals surface area contributed by atoms with E-state index in [1.807, 2.05) is 12.1 Å². The predicted molar refractivity (Wildman–Crippen MR) is 112 cm³/mol. The van der Waals surface area contributed by atoms with Crippen molar-refractivity contribution in [2.45, 2.75) is 13.8 Å². The molecule has 0 saturated heterocycles. The first-order valence-electron chi connectivity index (χ1n) is 9.29. The maximum atomic E-state index is 12.6. The van der Waals surface area contributed by atoms with Crippen LogP contribution >= 0.6 is 0 Å². The number of ether oxygens (including phenoxy) is 1. The third-order valence-electron chi connectivity index (χ3n) is 4.66. The molecule has 2 aromatic carbocycles. The molecule has 0 aliphatic rings. The summed E-state index contributed by atoms with van der Waals surface area (Å²) in [7, 11) is 1.29. The van der Waals surface area contributed by atoms with Crippen molar-refractivity contribution in [2.24, 2.45) is 0 Å². The fourth-order valence-electron chi connectivity index (χ4n) is 3.05. The standard InChI is InChI=1S/C22H22N2O5/c1-4-24(5-2)17-11-8-15-12-18(22(27)29-19(15)13-17)20(25)23-16-9-6-14(7-10-16)21(26)28-3/h6-13H,4-5H2,1-3H3,(H,23,25). The summed E-state index contributed by atoms with van der Waals surface area (Å²) in [6, 6.07) is 13.3. The highest BCUT2D eigenvalue weighted by molar-refractivity contribution is 6.05. The van der Waals surface area contributed by atoms with Crippen molar-refractivity contribution in [1.82, 2.24) is 0 Å². The molecule has 0 spiro atoms. The van der Waals surface area contributed by atoms with Crippen LogP contribution in [0, 0.1) is 0 Å². The molecular weight excluding hydrogens is 372 g/mol. The molecule has 0 fully saturated rings. The molecule has 1 N–H and O–H groups in total. The Hall–Kier alpha value is -3.61. The van der Waals surface area contributed by atoms with Crippen molar-refractivity contribution in [2.75, 3.05) is 30.4 Å². The van der Waals surface area contributed by atoms with Gasteiger partial charge in [-0.15, -0.1) is 0 Å². The smallest absolute Gasteiger partial charge is 0.349 e. The first-order valence-corrected chi connectivity index (χ1v) is 9.29. The molecule has 1 amide bonds. The van der Waals surface area contributed by atoms with Crippen LogP contribution in [0.4, 0.5) is 11.4 Å². The Labute approximate surface area is 167 Å².